The lowest BCUT2D eigenvalue weighted by molar-refractivity contribution is 0.0429. The summed E-state index contributed by atoms with van der Waals surface area (Å²) in [6.45, 7) is 10.1. The molecule has 0 aliphatic carbocycles. The molecule has 180 valence electrons. The van der Waals surface area contributed by atoms with Crippen LogP contribution in [0.3, 0.4) is 0 Å². The zero-order chi connectivity index (χ0) is 25.1. The summed E-state index contributed by atoms with van der Waals surface area (Å²) in [5, 5.41) is 4.05. The first-order valence-electron chi connectivity index (χ1n) is 10.5. The normalized spacial score (nSPS) is 11.7. The Morgan fingerprint density at radius 2 is 1.71 bits per heavy atom. The second-order valence-corrected chi connectivity index (χ2v) is 9.46. The molecule has 0 fully saturated rings. The zero-order valence-electron chi connectivity index (χ0n) is 19.9. The molecule has 0 aliphatic heterocycles. The van der Waals surface area contributed by atoms with E-state index in [-0.39, 0.29) is 11.6 Å². The number of ether oxygens (including phenoxy) is 2. The Labute approximate surface area is 196 Å². The quantitative estimate of drug-likeness (QED) is 0.598. The van der Waals surface area contributed by atoms with Crippen LogP contribution in [-0.4, -0.2) is 43.5 Å². The molecule has 0 atom stereocenters. The van der Waals surface area contributed by atoms with Crippen LogP contribution in [0.25, 0.3) is 11.3 Å². The standard InChI is InChI=1S/C23H27N5O6/c1-22(2,3)32-20(30)28(21(31)33-23(4,5)6)18-16(8-7-9-24-18)17-11-15(27-34-17)10-14-12-25-19(29)26-13-14/h7-9,11-13H,10H2,1-6H3,(H,25,26,29). The third-order valence-corrected chi connectivity index (χ3v) is 4.09. The second kappa shape index (κ2) is 9.46. The van der Waals surface area contributed by atoms with E-state index in [4.69, 9.17) is 14.0 Å². The van der Waals surface area contributed by atoms with Gasteiger partial charge in [-0.25, -0.2) is 24.4 Å². The van der Waals surface area contributed by atoms with E-state index in [0.29, 0.717) is 17.7 Å². The molecule has 0 aromatic carbocycles. The zero-order valence-corrected chi connectivity index (χ0v) is 19.9. The smallest absolute Gasteiger partial charge is 0.425 e. The van der Waals surface area contributed by atoms with E-state index < -0.39 is 29.1 Å². The van der Waals surface area contributed by atoms with Crippen LogP contribution < -0.4 is 10.6 Å². The molecule has 11 heteroatoms. The lowest BCUT2D eigenvalue weighted by atomic mass is 10.1. The number of amides is 2. The highest BCUT2D eigenvalue weighted by Crippen LogP contribution is 2.32. The monoisotopic (exact) mass is 469 g/mol. The first kappa shape index (κ1) is 24.6. The predicted molar refractivity (Wildman–Crippen MR) is 122 cm³/mol. The van der Waals surface area contributed by atoms with Gasteiger partial charge in [0.25, 0.3) is 0 Å². The van der Waals surface area contributed by atoms with Gasteiger partial charge in [0.15, 0.2) is 11.6 Å². The van der Waals surface area contributed by atoms with Gasteiger partial charge in [-0.1, -0.05) is 5.16 Å². The Kier molecular flexibility index (Phi) is 6.85. The van der Waals surface area contributed by atoms with Crippen LogP contribution in [0.4, 0.5) is 15.4 Å². The summed E-state index contributed by atoms with van der Waals surface area (Å²) >= 11 is 0. The molecular formula is C23H27N5O6. The number of pyridine rings is 1. The largest absolute Gasteiger partial charge is 0.443 e. The summed E-state index contributed by atoms with van der Waals surface area (Å²) in [5.74, 6) is 0.243. The summed E-state index contributed by atoms with van der Waals surface area (Å²) in [6.07, 6.45) is 2.86. The van der Waals surface area contributed by atoms with Gasteiger partial charge < -0.3 is 19.0 Å². The number of nitrogens with zero attached hydrogens (tertiary/aromatic N) is 4. The van der Waals surface area contributed by atoms with Crippen molar-refractivity contribution in [3.8, 4) is 11.3 Å². The van der Waals surface area contributed by atoms with Gasteiger partial charge in [-0.05, 0) is 59.2 Å². The van der Waals surface area contributed by atoms with Crippen molar-refractivity contribution in [3.63, 3.8) is 0 Å². The number of rotatable bonds is 4. The number of anilines is 1. The lowest BCUT2D eigenvalue weighted by Gasteiger charge is -2.28. The Hall–Kier alpha value is -4.02. The van der Waals surface area contributed by atoms with Crippen molar-refractivity contribution in [1.82, 2.24) is 20.1 Å². The summed E-state index contributed by atoms with van der Waals surface area (Å²) in [5.41, 5.74) is -0.589. The number of hydrogen-bond acceptors (Lipinski definition) is 9. The molecule has 34 heavy (non-hydrogen) atoms. The molecule has 1 N–H and O–H groups in total. The van der Waals surface area contributed by atoms with Crippen molar-refractivity contribution in [1.29, 1.82) is 0 Å². The van der Waals surface area contributed by atoms with Gasteiger partial charge in [0.2, 0.25) is 0 Å². The Balaban J connectivity index is 1.99. The highest BCUT2D eigenvalue weighted by atomic mass is 16.6. The Morgan fingerprint density at radius 1 is 1.06 bits per heavy atom. The van der Waals surface area contributed by atoms with E-state index in [2.05, 4.69) is 20.1 Å². The Bertz CT molecular complexity index is 1190. The summed E-state index contributed by atoms with van der Waals surface area (Å²) in [7, 11) is 0. The van der Waals surface area contributed by atoms with Gasteiger partial charge in [0.05, 0.1) is 11.3 Å². The molecule has 0 saturated carbocycles. The fourth-order valence-corrected chi connectivity index (χ4v) is 2.83. The van der Waals surface area contributed by atoms with Gasteiger partial charge in [0.1, 0.15) is 11.2 Å². The van der Waals surface area contributed by atoms with E-state index in [0.717, 1.165) is 10.5 Å². The first-order chi connectivity index (χ1) is 15.8. The molecule has 0 bridgehead atoms. The molecule has 0 saturated heterocycles. The number of hydrogen-bond donors (Lipinski definition) is 1. The van der Waals surface area contributed by atoms with Crippen molar-refractivity contribution in [2.75, 3.05) is 4.90 Å². The third-order valence-electron chi connectivity index (χ3n) is 4.09. The highest BCUT2D eigenvalue weighted by Gasteiger charge is 2.35. The van der Waals surface area contributed by atoms with E-state index >= 15 is 0 Å². The molecule has 2 amide bonds. The topological polar surface area (TPSA) is 141 Å². The van der Waals surface area contributed by atoms with Crippen LogP contribution in [0.15, 0.2) is 46.1 Å². The number of H-pyrrole nitrogens is 1. The number of carbonyl (C=O) groups is 2. The van der Waals surface area contributed by atoms with Gasteiger partial charge in [-0.3, -0.25) is 0 Å². The SMILES string of the molecule is CC(C)(C)OC(=O)N(C(=O)OC(C)(C)C)c1ncccc1-c1cc(Cc2cnc(=O)[nH]c2)no1. The summed E-state index contributed by atoms with van der Waals surface area (Å²) in [4.78, 5) is 48.4. The van der Waals surface area contributed by atoms with Crippen LogP contribution in [0.5, 0.6) is 0 Å². The van der Waals surface area contributed by atoms with E-state index in [1.165, 1.54) is 18.6 Å². The van der Waals surface area contributed by atoms with Crippen molar-refractivity contribution < 1.29 is 23.6 Å². The van der Waals surface area contributed by atoms with Crippen LogP contribution >= 0.6 is 0 Å². The van der Waals surface area contributed by atoms with Gasteiger partial charge in [-0.15, -0.1) is 0 Å². The minimum absolute atomic E-state index is 0.0283. The molecule has 3 aromatic heterocycles. The maximum absolute atomic E-state index is 13.0. The molecule has 0 aliphatic rings. The maximum atomic E-state index is 13.0. The summed E-state index contributed by atoms with van der Waals surface area (Å²) in [6, 6.07) is 4.92. The number of aromatic amines is 1. The molecule has 0 radical (unpaired) electrons. The first-order valence-corrected chi connectivity index (χ1v) is 10.5. The minimum Gasteiger partial charge on any atom is -0.443 e. The van der Waals surface area contributed by atoms with E-state index in [9.17, 15) is 14.4 Å². The van der Waals surface area contributed by atoms with Crippen LogP contribution in [0, 0.1) is 0 Å². The molecule has 11 nitrogen and oxygen atoms in total. The Morgan fingerprint density at radius 3 is 2.26 bits per heavy atom. The minimum atomic E-state index is -0.944. The van der Waals surface area contributed by atoms with E-state index in [1.54, 1.807) is 59.7 Å². The van der Waals surface area contributed by atoms with Gasteiger partial charge in [0, 0.05) is 31.1 Å². The number of aromatic nitrogens is 4. The number of nitrogens with one attached hydrogen (secondary N) is 1. The van der Waals surface area contributed by atoms with Crippen molar-refractivity contribution in [3.05, 3.63) is 58.5 Å². The third kappa shape index (κ3) is 6.50. The summed E-state index contributed by atoms with van der Waals surface area (Å²) < 4.78 is 16.4. The number of carbonyl (C=O) groups excluding carboxylic acids is 2. The molecular weight excluding hydrogens is 442 g/mol. The molecule has 0 spiro atoms. The van der Waals surface area contributed by atoms with Gasteiger partial charge in [-0.2, -0.15) is 4.90 Å². The van der Waals surface area contributed by atoms with Crippen LogP contribution in [0.2, 0.25) is 0 Å². The van der Waals surface area contributed by atoms with E-state index in [1.807, 2.05) is 0 Å². The highest BCUT2D eigenvalue weighted by molar-refractivity contribution is 6.10. The molecule has 3 rings (SSSR count). The van der Waals surface area contributed by atoms with Crippen molar-refractivity contribution in [2.24, 2.45) is 0 Å². The maximum Gasteiger partial charge on any atom is 0.425 e. The van der Waals surface area contributed by atoms with Crippen LogP contribution in [-0.2, 0) is 15.9 Å². The molecule has 3 heterocycles. The fourth-order valence-electron chi connectivity index (χ4n) is 2.83. The second-order valence-electron chi connectivity index (χ2n) is 9.46. The van der Waals surface area contributed by atoms with Crippen LogP contribution in [0.1, 0.15) is 52.8 Å². The predicted octanol–water partition coefficient (Wildman–Crippen LogP) is 4.09. The fraction of sp³-hybridized carbons (Fsp3) is 0.391. The average molecular weight is 469 g/mol. The molecule has 0 unspecified atom stereocenters. The molecule has 3 aromatic rings. The van der Waals surface area contributed by atoms with Gasteiger partial charge >= 0.3 is 17.9 Å². The van der Waals surface area contributed by atoms with Crippen molar-refractivity contribution in [2.45, 2.75) is 59.2 Å². The average Bonchev–Trinajstić information content (AvgIpc) is 3.16. The lowest BCUT2D eigenvalue weighted by Crippen LogP contribution is -2.44. The number of imide groups is 1. The van der Waals surface area contributed by atoms with Crippen molar-refractivity contribution >= 4 is 18.0 Å².